The second-order valence-corrected chi connectivity index (χ2v) is 1.93. The van der Waals surface area contributed by atoms with Gasteiger partial charge in [-0.2, -0.15) is 0 Å². The molecule has 3 nitrogen and oxygen atoms in total. The molecule has 0 aromatic carbocycles. The highest BCUT2D eigenvalue weighted by Gasteiger charge is 2.27. The van der Waals surface area contributed by atoms with Gasteiger partial charge in [-0.15, -0.1) is 12.4 Å². The van der Waals surface area contributed by atoms with Crippen molar-refractivity contribution in [2.75, 3.05) is 13.2 Å². The van der Waals surface area contributed by atoms with Crippen LogP contribution in [0.5, 0.6) is 0 Å². The van der Waals surface area contributed by atoms with Crippen molar-refractivity contribution in [2.24, 2.45) is 11.7 Å². The predicted octanol–water partition coefficient (Wildman–Crippen LogP) is 0.811. The van der Waals surface area contributed by atoms with Crippen LogP contribution in [-0.4, -0.2) is 25.5 Å². The monoisotopic (exact) mass is 203 g/mol. The van der Waals surface area contributed by atoms with Crippen LogP contribution in [0.1, 0.15) is 6.92 Å². The normalized spacial score (nSPS) is 12.1. The fourth-order valence-electron chi connectivity index (χ4n) is 0.551. The van der Waals surface area contributed by atoms with Gasteiger partial charge >= 0.3 is 5.97 Å². The predicted molar refractivity (Wildman–Crippen MR) is 42.4 cm³/mol. The summed E-state index contributed by atoms with van der Waals surface area (Å²) >= 11 is 0. The van der Waals surface area contributed by atoms with Crippen molar-refractivity contribution < 1.29 is 18.3 Å². The Hall–Kier alpha value is -0.420. The summed E-state index contributed by atoms with van der Waals surface area (Å²) in [5.74, 6) is -2.40. The molecule has 0 spiro atoms. The van der Waals surface area contributed by atoms with Crippen LogP contribution in [-0.2, 0) is 9.53 Å². The second-order valence-electron chi connectivity index (χ2n) is 1.93. The zero-order valence-electron chi connectivity index (χ0n) is 6.63. The van der Waals surface area contributed by atoms with Crippen molar-refractivity contribution in [3.63, 3.8) is 0 Å². The SMILES string of the molecule is CCOC(=O)C(CN)C(F)F.Cl. The minimum atomic E-state index is -2.74. The number of halogens is 3. The number of nitrogens with two attached hydrogens (primary N) is 1. The van der Waals surface area contributed by atoms with Crippen LogP contribution in [0.25, 0.3) is 0 Å². The molecule has 0 aliphatic carbocycles. The lowest BCUT2D eigenvalue weighted by atomic mass is 10.1. The molecule has 6 heteroatoms. The number of rotatable bonds is 4. The van der Waals surface area contributed by atoms with Gasteiger partial charge in [-0.25, -0.2) is 8.78 Å². The average Bonchev–Trinajstić information content (AvgIpc) is 1.88. The molecule has 0 bridgehead atoms. The molecule has 0 saturated heterocycles. The maximum Gasteiger partial charge on any atom is 0.316 e. The largest absolute Gasteiger partial charge is 0.466 e. The quantitative estimate of drug-likeness (QED) is 0.688. The standard InChI is InChI=1S/C6H11F2NO2.ClH/c1-2-11-6(10)4(3-9)5(7)8;/h4-5H,2-3,9H2,1H3;1H. The summed E-state index contributed by atoms with van der Waals surface area (Å²) in [7, 11) is 0. The van der Waals surface area contributed by atoms with E-state index in [9.17, 15) is 13.6 Å². The van der Waals surface area contributed by atoms with Gasteiger partial charge in [0.1, 0.15) is 5.92 Å². The summed E-state index contributed by atoms with van der Waals surface area (Å²) in [5, 5.41) is 0. The van der Waals surface area contributed by atoms with Gasteiger partial charge in [0.2, 0.25) is 0 Å². The number of carbonyl (C=O) groups excluding carboxylic acids is 1. The Kier molecular flexibility index (Phi) is 8.52. The van der Waals surface area contributed by atoms with Crippen LogP contribution in [0.4, 0.5) is 8.78 Å². The van der Waals surface area contributed by atoms with Crippen LogP contribution in [0, 0.1) is 5.92 Å². The average molecular weight is 204 g/mol. The lowest BCUT2D eigenvalue weighted by Crippen LogP contribution is -2.31. The Bertz CT molecular complexity index is 135. The summed E-state index contributed by atoms with van der Waals surface area (Å²) < 4.78 is 28.1. The lowest BCUT2D eigenvalue weighted by Gasteiger charge is -2.11. The van der Waals surface area contributed by atoms with E-state index in [0.29, 0.717) is 0 Å². The molecular formula is C6H12ClF2NO2. The maximum absolute atomic E-state index is 11.9. The highest BCUT2D eigenvalue weighted by molar-refractivity contribution is 5.85. The Morgan fingerprint density at radius 1 is 1.58 bits per heavy atom. The molecule has 0 radical (unpaired) electrons. The summed E-state index contributed by atoms with van der Waals surface area (Å²) in [4.78, 5) is 10.6. The minimum Gasteiger partial charge on any atom is -0.466 e. The van der Waals surface area contributed by atoms with Gasteiger partial charge in [-0.3, -0.25) is 4.79 Å². The van der Waals surface area contributed by atoms with Gasteiger partial charge in [0.05, 0.1) is 6.61 Å². The molecule has 0 fully saturated rings. The van der Waals surface area contributed by atoms with E-state index in [0.717, 1.165) is 0 Å². The molecule has 0 rings (SSSR count). The first-order valence-corrected chi connectivity index (χ1v) is 3.28. The first-order chi connectivity index (χ1) is 5.13. The summed E-state index contributed by atoms with van der Waals surface area (Å²) in [6, 6.07) is 0. The number of ether oxygens (including phenoxy) is 1. The van der Waals surface area contributed by atoms with E-state index in [-0.39, 0.29) is 25.6 Å². The van der Waals surface area contributed by atoms with E-state index >= 15 is 0 Å². The van der Waals surface area contributed by atoms with E-state index in [1.54, 1.807) is 6.92 Å². The maximum atomic E-state index is 11.9. The Morgan fingerprint density at radius 3 is 2.33 bits per heavy atom. The molecule has 1 unspecified atom stereocenters. The number of alkyl halides is 2. The molecule has 2 N–H and O–H groups in total. The summed E-state index contributed by atoms with van der Waals surface area (Å²) in [5.41, 5.74) is 4.92. The highest BCUT2D eigenvalue weighted by Crippen LogP contribution is 2.09. The van der Waals surface area contributed by atoms with Crippen LogP contribution in [0.15, 0.2) is 0 Å². The van der Waals surface area contributed by atoms with Gasteiger partial charge in [-0.1, -0.05) is 0 Å². The highest BCUT2D eigenvalue weighted by atomic mass is 35.5. The molecule has 0 aromatic rings. The van der Waals surface area contributed by atoms with Gasteiger partial charge in [0, 0.05) is 6.54 Å². The number of hydrogen-bond acceptors (Lipinski definition) is 3. The van der Waals surface area contributed by atoms with E-state index in [1.165, 1.54) is 0 Å². The number of esters is 1. The van der Waals surface area contributed by atoms with Crippen LogP contribution >= 0.6 is 12.4 Å². The molecular weight excluding hydrogens is 192 g/mol. The first-order valence-electron chi connectivity index (χ1n) is 3.28. The Balaban J connectivity index is 0. The van der Waals surface area contributed by atoms with Crippen LogP contribution < -0.4 is 5.73 Å². The summed E-state index contributed by atoms with van der Waals surface area (Å²) in [6.45, 7) is 1.27. The van der Waals surface area contributed by atoms with Crippen molar-refractivity contribution in [1.82, 2.24) is 0 Å². The molecule has 74 valence electrons. The molecule has 0 aromatic heterocycles. The third-order valence-electron chi connectivity index (χ3n) is 1.15. The van der Waals surface area contributed by atoms with Crippen molar-refractivity contribution in [2.45, 2.75) is 13.3 Å². The Morgan fingerprint density at radius 2 is 2.08 bits per heavy atom. The van der Waals surface area contributed by atoms with Crippen molar-refractivity contribution >= 4 is 18.4 Å². The smallest absolute Gasteiger partial charge is 0.316 e. The van der Waals surface area contributed by atoms with Gasteiger partial charge in [0.25, 0.3) is 6.43 Å². The van der Waals surface area contributed by atoms with E-state index in [2.05, 4.69) is 4.74 Å². The molecule has 1 atom stereocenters. The molecule has 0 saturated carbocycles. The lowest BCUT2D eigenvalue weighted by molar-refractivity contribution is -0.152. The van der Waals surface area contributed by atoms with Crippen LogP contribution in [0.2, 0.25) is 0 Å². The van der Waals surface area contributed by atoms with Gasteiger partial charge in [-0.05, 0) is 6.92 Å². The summed E-state index contributed by atoms with van der Waals surface area (Å²) in [6.07, 6.45) is -2.74. The molecule has 12 heavy (non-hydrogen) atoms. The van der Waals surface area contributed by atoms with E-state index < -0.39 is 18.3 Å². The molecule has 0 aliphatic heterocycles. The van der Waals surface area contributed by atoms with Gasteiger partial charge in [0.15, 0.2) is 0 Å². The zero-order chi connectivity index (χ0) is 8.85. The topological polar surface area (TPSA) is 52.3 Å². The fraction of sp³-hybridized carbons (Fsp3) is 0.833. The number of hydrogen-bond donors (Lipinski definition) is 1. The first kappa shape index (κ1) is 14.1. The van der Waals surface area contributed by atoms with E-state index in [1.807, 2.05) is 0 Å². The van der Waals surface area contributed by atoms with Crippen molar-refractivity contribution in [1.29, 1.82) is 0 Å². The third kappa shape index (κ3) is 4.46. The minimum absolute atomic E-state index is 0. The molecule has 0 aliphatic rings. The second kappa shape index (κ2) is 7.24. The Labute approximate surface area is 75.7 Å². The fourth-order valence-corrected chi connectivity index (χ4v) is 0.551. The van der Waals surface area contributed by atoms with Crippen LogP contribution in [0.3, 0.4) is 0 Å². The van der Waals surface area contributed by atoms with Gasteiger partial charge < -0.3 is 10.5 Å². The molecule has 0 amide bonds. The third-order valence-corrected chi connectivity index (χ3v) is 1.15. The van der Waals surface area contributed by atoms with Crippen molar-refractivity contribution in [3.05, 3.63) is 0 Å². The number of carbonyl (C=O) groups is 1. The van der Waals surface area contributed by atoms with Crippen molar-refractivity contribution in [3.8, 4) is 0 Å². The zero-order valence-corrected chi connectivity index (χ0v) is 7.44. The van der Waals surface area contributed by atoms with E-state index in [4.69, 9.17) is 5.73 Å². The molecule has 0 heterocycles.